The van der Waals surface area contributed by atoms with Gasteiger partial charge in [0.15, 0.2) is 5.82 Å². The number of hydrogen-bond acceptors (Lipinski definition) is 10. The molecule has 6 aromatic rings. The maximum atomic E-state index is 16.3. The molecule has 0 spiro atoms. The van der Waals surface area contributed by atoms with Gasteiger partial charge in [-0.2, -0.15) is 0 Å². The number of aliphatic imine (C=N–C) groups is 1. The zero-order valence-electron chi connectivity index (χ0n) is 37.1. The topological polar surface area (TPSA) is 102 Å². The van der Waals surface area contributed by atoms with Gasteiger partial charge in [0, 0.05) is 90.7 Å². The van der Waals surface area contributed by atoms with Gasteiger partial charge in [0.05, 0.1) is 18.4 Å². The highest BCUT2D eigenvalue weighted by Crippen LogP contribution is 2.50. The van der Waals surface area contributed by atoms with E-state index in [1.165, 1.54) is 6.07 Å². The number of benzene rings is 4. The van der Waals surface area contributed by atoms with Crippen LogP contribution in [0.15, 0.2) is 83.9 Å². The number of nitrogens with zero attached hydrogens (tertiary/aromatic N) is 7. The van der Waals surface area contributed by atoms with Crippen LogP contribution in [0.1, 0.15) is 99.5 Å². The summed E-state index contributed by atoms with van der Waals surface area (Å²) in [6.07, 6.45) is 2.81. The summed E-state index contributed by atoms with van der Waals surface area (Å²) in [5.41, 5.74) is 8.45. The first kappa shape index (κ1) is 42.3. The molecule has 10 nitrogen and oxygen atoms in total. The van der Waals surface area contributed by atoms with Crippen molar-refractivity contribution >= 4 is 28.4 Å². The monoisotopic (exact) mass is 883 g/mol. The lowest BCUT2D eigenvalue weighted by Crippen LogP contribution is -2.55. The van der Waals surface area contributed by atoms with E-state index in [4.69, 9.17) is 9.73 Å². The zero-order valence-corrected chi connectivity index (χ0v) is 37.9. The Morgan fingerprint density at radius 1 is 0.844 bits per heavy atom. The van der Waals surface area contributed by atoms with Gasteiger partial charge in [0.25, 0.3) is 0 Å². The summed E-state index contributed by atoms with van der Waals surface area (Å²) in [5.74, 6) is 2.01. The van der Waals surface area contributed by atoms with Gasteiger partial charge in [-0.1, -0.05) is 24.3 Å². The van der Waals surface area contributed by atoms with E-state index in [-0.39, 0.29) is 35.3 Å². The van der Waals surface area contributed by atoms with Gasteiger partial charge in [-0.05, 0) is 130 Å². The molecule has 0 bridgehead atoms. The minimum atomic E-state index is -0.833. The number of thiophene rings is 1. The predicted molar refractivity (Wildman–Crippen MR) is 249 cm³/mol. The van der Waals surface area contributed by atoms with Crippen molar-refractivity contribution in [1.82, 2.24) is 19.7 Å². The summed E-state index contributed by atoms with van der Waals surface area (Å²) in [5, 5.41) is 31.9. The average molecular weight is 884 g/mol. The van der Waals surface area contributed by atoms with Crippen LogP contribution in [0.5, 0.6) is 11.5 Å². The van der Waals surface area contributed by atoms with Crippen LogP contribution in [-0.2, 0) is 6.42 Å². The summed E-state index contributed by atoms with van der Waals surface area (Å²) in [7, 11) is 1.71. The molecule has 0 amide bonds. The van der Waals surface area contributed by atoms with Crippen molar-refractivity contribution in [2.75, 3.05) is 62.7 Å². The van der Waals surface area contributed by atoms with E-state index in [0.29, 0.717) is 43.8 Å². The molecule has 4 aliphatic rings. The van der Waals surface area contributed by atoms with E-state index in [0.717, 1.165) is 111 Å². The number of halogens is 2. The Morgan fingerprint density at radius 3 is 2.33 bits per heavy atom. The van der Waals surface area contributed by atoms with E-state index < -0.39 is 5.60 Å². The first-order valence-electron chi connectivity index (χ1n) is 22.5. The van der Waals surface area contributed by atoms with Gasteiger partial charge in [-0.15, -0.1) is 21.5 Å². The molecular formula is C51H55F2N7O3S. The Kier molecular flexibility index (Phi) is 11.1. The van der Waals surface area contributed by atoms with Crippen LogP contribution >= 0.6 is 11.3 Å². The number of phenols is 1. The molecule has 5 heterocycles. The molecule has 3 atom stereocenters. The molecular weight excluding hydrogens is 829 g/mol. The van der Waals surface area contributed by atoms with Crippen LogP contribution in [0.25, 0.3) is 5.00 Å². The molecule has 1 aliphatic carbocycles. The van der Waals surface area contributed by atoms with E-state index in [2.05, 4.69) is 61.5 Å². The zero-order chi connectivity index (χ0) is 44.4. The number of anilines is 2. The lowest BCUT2D eigenvalue weighted by atomic mass is 9.69. The molecule has 13 heteroatoms. The van der Waals surface area contributed by atoms with E-state index >= 15 is 4.39 Å². The average Bonchev–Trinajstić information content (AvgIpc) is 3.78. The molecule has 10 rings (SSSR count). The Hall–Kier alpha value is -5.63. The van der Waals surface area contributed by atoms with E-state index in [1.807, 2.05) is 44.2 Å². The van der Waals surface area contributed by atoms with Gasteiger partial charge < -0.3 is 24.7 Å². The highest BCUT2D eigenvalue weighted by molar-refractivity contribution is 7.15. The van der Waals surface area contributed by atoms with Crippen molar-refractivity contribution in [3.05, 3.63) is 146 Å². The number of aliphatic hydroxyl groups is 1. The van der Waals surface area contributed by atoms with Gasteiger partial charge in [0.1, 0.15) is 40.0 Å². The smallest absolute Gasteiger partial charge is 0.162 e. The highest BCUT2D eigenvalue weighted by atomic mass is 32.1. The van der Waals surface area contributed by atoms with Crippen molar-refractivity contribution in [3.63, 3.8) is 0 Å². The number of piperidine rings is 1. The fourth-order valence-corrected chi connectivity index (χ4v) is 11.9. The van der Waals surface area contributed by atoms with Crippen molar-refractivity contribution in [1.29, 1.82) is 0 Å². The predicted octanol–water partition coefficient (Wildman–Crippen LogP) is 9.17. The second-order valence-electron chi connectivity index (χ2n) is 18.2. The van der Waals surface area contributed by atoms with Crippen LogP contribution in [0.3, 0.4) is 0 Å². The van der Waals surface area contributed by atoms with Gasteiger partial charge >= 0.3 is 0 Å². The van der Waals surface area contributed by atoms with Gasteiger partial charge in [-0.25, -0.2) is 8.78 Å². The molecule has 2 saturated heterocycles. The summed E-state index contributed by atoms with van der Waals surface area (Å²) in [6.45, 7) is 13.2. The number of piperazine rings is 1. The largest absolute Gasteiger partial charge is 0.508 e. The number of phenolic OH excluding ortho intramolecular Hbond substituents is 1. The van der Waals surface area contributed by atoms with Crippen LogP contribution in [0.4, 0.5) is 20.2 Å². The number of aromatic nitrogens is 3. The molecule has 3 aliphatic heterocycles. The number of aromatic hydroxyl groups is 1. The number of fused-ring (bicyclic) bond motifs is 4. The molecule has 0 radical (unpaired) electrons. The number of β-amino-alcohol motifs (C(OH)–C–C–N with tert-alkyl or cyclic N) is 1. The number of methoxy groups -OCH3 is 1. The number of rotatable bonds is 8. The van der Waals surface area contributed by atoms with Crippen molar-refractivity contribution < 1.29 is 23.7 Å². The van der Waals surface area contributed by atoms with E-state index in [1.54, 1.807) is 42.7 Å². The first-order valence-corrected chi connectivity index (χ1v) is 23.3. The van der Waals surface area contributed by atoms with Crippen LogP contribution in [0, 0.1) is 32.4 Å². The van der Waals surface area contributed by atoms with Crippen molar-refractivity contribution in [3.8, 4) is 16.5 Å². The lowest BCUT2D eigenvalue weighted by molar-refractivity contribution is -0.0173. The molecule has 332 valence electrons. The quantitative estimate of drug-likeness (QED) is 0.156. The highest BCUT2D eigenvalue weighted by Gasteiger charge is 2.38. The Morgan fingerprint density at radius 2 is 1.58 bits per heavy atom. The third-order valence-corrected chi connectivity index (χ3v) is 15.5. The summed E-state index contributed by atoms with van der Waals surface area (Å²) < 4.78 is 39.0. The molecule has 0 saturated carbocycles. The normalized spacial score (nSPS) is 20.9. The fourth-order valence-electron chi connectivity index (χ4n) is 10.7. The minimum Gasteiger partial charge on any atom is -0.508 e. The maximum Gasteiger partial charge on any atom is 0.162 e. The Balaban J connectivity index is 0.791. The minimum absolute atomic E-state index is 0.0470. The summed E-state index contributed by atoms with van der Waals surface area (Å²) in [6, 6.07) is 24.2. The second-order valence-corrected chi connectivity index (χ2v) is 19.4. The molecule has 4 aromatic carbocycles. The molecule has 64 heavy (non-hydrogen) atoms. The number of ether oxygens (including phenoxy) is 1. The third-order valence-electron chi connectivity index (χ3n) is 14.3. The van der Waals surface area contributed by atoms with Crippen LogP contribution in [0.2, 0.25) is 0 Å². The summed E-state index contributed by atoms with van der Waals surface area (Å²) >= 11 is 1.66. The van der Waals surface area contributed by atoms with Crippen molar-refractivity contribution in [2.24, 2.45) is 4.99 Å². The van der Waals surface area contributed by atoms with Gasteiger partial charge in [0.2, 0.25) is 0 Å². The second kappa shape index (κ2) is 16.7. The molecule has 2 fully saturated rings. The summed E-state index contributed by atoms with van der Waals surface area (Å²) in [4.78, 5) is 13.1. The van der Waals surface area contributed by atoms with E-state index in [9.17, 15) is 14.6 Å². The number of hydrogen-bond donors (Lipinski definition) is 2. The van der Waals surface area contributed by atoms with Crippen LogP contribution in [-0.4, -0.2) is 94.1 Å². The SMILES string of the molecule is COc1cc(N2CCN(CC3(O)CCN(c4ccc(C5=N[C@@H](C)c6nnc(C)n6-c6sc(C)c(C)c65)c(F)c4)CC3)CC2)ccc1[C@@H]1c2ccc(O)cc2CC[C@@H]1c1cccc(F)c1. The molecule has 2 N–H and O–H groups in total. The Labute approximate surface area is 377 Å². The lowest BCUT2D eigenvalue weighted by Gasteiger charge is -2.44. The third kappa shape index (κ3) is 7.64. The maximum absolute atomic E-state index is 16.3. The first-order chi connectivity index (χ1) is 30.9. The number of aryl methyl sites for hydroxylation is 3. The van der Waals surface area contributed by atoms with Crippen molar-refractivity contribution in [2.45, 2.75) is 76.9 Å². The van der Waals surface area contributed by atoms with Crippen LogP contribution < -0.4 is 14.5 Å². The molecule has 0 unspecified atom stereocenters. The fraction of sp³-hybridized carbons (Fsp3) is 0.392. The Bertz CT molecular complexity index is 2770. The molecule has 2 aromatic heterocycles. The standard InChI is InChI=1S/C51H55F2N7O3S/c1-30-32(3)64-50-46(30)48(54-31(2)49-56-55-33(4)60(49)50)42-14-10-37(27-44(42)53)58-19-17-51(62,18-20-58)29-57-21-23-59(24-22-57)38-11-15-43(45(28-38)63-5)47-40(34-7-6-8-36(52)25-34)13-9-35-26-39(61)12-16-41(35)47/h6-8,10-12,14-16,25-28,31,40,47,61-62H,9,13,17-24,29H2,1-5H3/t31-,40+,47-/m0/s1. The van der Waals surface area contributed by atoms with Gasteiger partial charge in [-0.3, -0.25) is 14.5 Å².